The quantitative estimate of drug-likeness (QED) is 0.200. The van der Waals surface area contributed by atoms with Crippen LogP contribution in [0, 0.1) is 0 Å². The van der Waals surface area contributed by atoms with Crippen LogP contribution in [0.4, 0.5) is 5.69 Å². The fraction of sp³-hybridized carbons (Fsp3) is 0.421. The number of aromatic nitrogens is 2. The molecule has 1 atom stereocenters. The molecule has 1 unspecified atom stereocenters. The summed E-state index contributed by atoms with van der Waals surface area (Å²) in [7, 11) is -0.535. The lowest BCUT2D eigenvalue weighted by Crippen LogP contribution is -2.35. The van der Waals surface area contributed by atoms with Gasteiger partial charge in [0.05, 0.1) is 17.5 Å². The second-order valence-electron chi connectivity index (χ2n) is 13.8. The zero-order chi connectivity index (χ0) is 35.7. The molecule has 3 aliphatic rings. The van der Waals surface area contributed by atoms with E-state index in [9.17, 15) is 18.3 Å². The second-order valence-corrected chi connectivity index (χ2v) is 16.4. The third kappa shape index (κ3) is 7.44. The molecule has 4 heterocycles. The first-order valence-corrected chi connectivity index (χ1v) is 19.6. The number of aliphatic hydroxyl groups excluding tert-OH is 1. The van der Waals surface area contributed by atoms with Crippen molar-refractivity contribution < 1.29 is 18.3 Å². The van der Waals surface area contributed by atoms with Gasteiger partial charge in [-0.3, -0.25) is 9.48 Å². The Kier molecular flexibility index (Phi) is 10.5. The molecule has 1 aromatic heterocycles. The molecule has 0 radical (unpaired) electrons. The van der Waals surface area contributed by atoms with Crippen molar-refractivity contribution >= 4 is 33.2 Å². The number of nitrogens with one attached hydrogen (secondary N) is 2. The Balaban J connectivity index is 1.05. The predicted octanol–water partition coefficient (Wildman–Crippen LogP) is 4.02. The molecule has 51 heavy (non-hydrogen) atoms. The van der Waals surface area contributed by atoms with E-state index in [1.807, 2.05) is 41.3 Å². The Morgan fingerprint density at radius 2 is 1.88 bits per heavy atom. The van der Waals surface area contributed by atoms with Crippen molar-refractivity contribution in [2.24, 2.45) is 0 Å². The monoisotopic (exact) mass is 731 g/mol. The van der Waals surface area contributed by atoms with Gasteiger partial charge in [0.15, 0.2) is 0 Å². The number of benzene rings is 3. The number of likely N-dealkylation sites (tertiary alicyclic amines) is 1. The van der Waals surface area contributed by atoms with Crippen molar-refractivity contribution in [1.29, 1.82) is 0 Å². The Hall–Kier alpha value is -3.78. The van der Waals surface area contributed by atoms with Gasteiger partial charge in [0.1, 0.15) is 4.90 Å². The molecule has 0 spiro atoms. The molecule has 0 saturated carbocycles. The van der Waals surface area contributed by atoms with E-state index in [-0.39, 0.29) is 12.0 Å². The first kappa shape index (κ1) is 35.6. The second kappa shape index (κ2) is 15.1. The molecule has 1 fully saturated rings. The number of halogens is 1. The topological polar surface area (TPSA) is 123 Å². The number of carbonyl (C=O) groups is 1. The highest BCUT2D eigenvalue weighted by Gasteiger charge is 2.30. The molecule has 3 aliphatic heterocycles. The van der Waals surface area contributed by atoms with Crippen LogP contribution in [0.15, 0.2) is 65.6 Å². The van der Waals surface area contributed by atoms with Crippen molar-refractivity contribution in [1.82, 2.24) is 29.6 Å². The summed E-state index contributed by atoms with van der Waals surface area (Å²) in [5, 5.41) is 22.1. The summed E-state index contributed by atoms with van der Waals surface area (Å²) in [6.07, 6.45) is 3.29. The van der Waals surface area contributed by atoms with E-state index in [2.05, 4.69) is 26.3 Å². The summed E-state index contributed by atoms with van der Waals surface area (Å²) in [6.45, 7) is 6.68. The van der Waals surface area contributed by atoms with Crippen molar-refractivity contribution in [3.8, 4) is 22.4 Å². The van der Waals surface area contributed by atoms with Crippen LogP contribution in [0.2, 0.25) is 5.02 Å². The smallest absolute Gasteiger partial charge is 0.251 e. The molecule has 0 bridgehead atoms. The van der Waals surface area contributed by atoms with E-state index in [1.54, 1.807) is 18.2 Å². The van der Waals surface area contributed by atoms with Crippen LogP contribution in [-0.4, -0.2) is 104 Å². The lowest BCUT2D eigenvalue weighted by Gasteiger charge is -2.23. The maximum absolute atomic E-state index is 13.4. The molecule has 270 valence electrons. The number of amides is 1. The molecule has 7 rings (SSSR count). The number of aryl methyl sites for hydroxylation is 1. The Labute approximate surface area is 305 Å². The van der Waals surface area contributed by atoms with Gasteiger partial charge in [-0.2, -0.15) is 5.10 Å². The minimum Gasteiger partial charge on any atom is -0.392 e. The molecule has 3 N–H and O–H groups in total. The zero-order valence-corrected chi connectivity index (χ0v) is 30.8. The molecule has 0 aliphatic carbocycles. The van der Waals surface area contributed by atoms with Crippen LogP contribution in [0.25, 0.3) is 22.4 Å². The number of fused-ring (bicyclic) bond motifs is 2. The van der Waals surface area contributed by atoms with Crippen molar-refractivity contribution in [3.05, 3.63) is 88.1 Å². The first-order chi connectivity index (χ1) is 24.6. The van der Waals surface area contributed by atoms with Gasteiger partial charge >= 0.3 is 0 Å². The van der Waals surface area contributed by atoms with E-state index in [1.165, 1.54) is 29.7 Å². The van der Waals surface area contributed by atoms with E-state index in [0.717, 1.165) is 98.6 Å². The maximum atomic E-state index is 13.4. The van der Waals surface area contributed by atoms with Crippen LogP contribution < -0.4 is 15.5 Å². The molecule has 1 amide bonds. The number of carbonyl (C=O) groups excluding carboxylic acids is 1. The van der Waals surface area contributed by atoms with E-state index < -0.39 is 10.0 Å². The van der Waals surface area contributed by atoms with Gasteiger partial charge < -0.3 is 25.5 Å². The highest BCUT2D eigenvalue weighted by molar-refractivity contribution is 7.89. The SMILES string of the molecule is CN(C)S(=O)(=O)c1cccc2c1N(CCNC(=O)c1cccc(-c3cc(-c4nn(CCCN5CCC(O)C5)c5c4CNCC5)ccc3Cl)c1)CC2. The van der Waals surface area contributed by atoms with E-state index in [4.69, 9.17) is 16.7 Å². The first-order valence-electron chi connectivity index (χ1n) is 17.8. The fourth-order valence-corrected chi connectivity index (χ4v) is 8.92. The summed E-state index contributed by atoms with van der Waals surface area (Å²) < 4.78 is 29.5. The van der Waals surface area contributed by atoms with Crippen LogP contribution in [0.1, 0.15) is 40.0 Å². The van der Waals surface area contributed by atoms with Gasteiger partial charge in [0.25, 0.3) is 5.91 Å². The van der Waals surface area contributed by atoms with Gasteiger partial charge in [0, 0.05) is 112 Å². The average Bonchev–Trinajstić information content (AvgIpc) is 3.85. The number of nitrogens with zero attached hydrogens (tertiary/aromatic N) is 5. The largest absolute Gasteiger partial charge is 0.392 e. The third-order valence-corrected chi connectivity index (χ3v) is 12.4. The summed E-state index contributed by atoms with van der Waals surface area (Å²) >= 11 is 6.79. The summed E-state index contributed by atoms with van der Waals surface area (Å²) in [4.78, 5) is 18.0. The van der Waals surface area contributed by atoms with Crippen LogP contribution in [0.5, 0.6) is 0 Å². The number of anilines is 1. The molecule has 1 saturated heterocycles. The molecule has 13 heteroatoms. The lowest BCUT2D eigenvalue weighted by atomic mass is 9.97. The fourth-order valence-electron chi connectivity index (χ4n) is 7.55. The Morgan fingerprint density at radius 1 is 1.04 bits per heavy atom. The minimum absolute atomic E-state index is 0.208. The van der Waals surface area contributed by atoms with Gasteiger partial charge in [-0.25, -0.2) is 12.7 Å². The van der Waals surface area contributed by atoms with Crippen LogP contribution >= 0.6 is 11.6 Å². The van der Waals surface area contributed by atoms with Gasteiger partial charge in [0.2, 0.25) is 10.0 Å². The lowest BCUT2D eigenvalue weighted by molar-refractivity contribution is 0.0954. The van der Waals surface area contributed by atoms with Crippen LogP contribution in [0.3, 0.4) is 0 Å². The van der Waals surface area contributed by atoms with E-state index >= 15 is 0 Å². The number of hydrogen-bond donors (Lipinski definition) is 3. The van der Waals surface area contributed by atoms with Gasteiger partial charge in [-0.1, -0.05) is 41.9 Å². The van der Waals surface area contributed by atoms with E-state index in [0.29, 0.717) is 35.1 Å². The molecular weight excluding hydrogens is 686 g/mol. The minimum atomic E-state index is -3.61. The highest BCUT2D eigenvalue weighted by Crippen LogP contribution is 2.37. The van der Waals surface area contributed by atoms with Crippen molar-refractivity contribution in [3.63, 3.8) is 0 Å². The highest BCUT2D eigenvalue weighted by atomic mass is 35.5. The number of sulfonamides is 1. The summed E-state index contributed by atoms with van der Waals surface area (Å²) in [5.41, 5.74) is 8.31. The number of rotatable bonds is 12. The number of β-amino-alcohol motifs (C(OH)–C–C–N with tert-alkyl or cyclic N) is 1. The summed E-state index contributed by atoms with van der Waals surface area (Å²) in [6, 6.07) is 18.9. The molecular formula is C38H46ClN7O4S. The predicted molar refractivity (Wildman–Crippen MR) is 201 cm³/mol. The zero-order valence-electron chi connectivity index (χ0n) is 29.2. The molecule has 4 aromatic rings. The summed E-state index contributed by atoms with van der Waals surface area (Å²) in [5.74, 6) is -0.208. The van der Waals surface area contributed by atoms with Crippen molar-refractivity contribution in [2.45, 2.75) is 49.8 Å². The number of aliphatic hydroxyl groups is 1. The Morgan fingerprint density at radius 3 is 2.69 bits per heavy atom. The normalized spacial score (nSPS) is 17.6. The van der Waals surface area contributed by atoms with Gasteiger partial charge in [-0.05, 0) is 60.7 Å². The number of hydrogen-bond acceptors (Lipinski definition) is 8. The maximum Gasteiger partial charge on any atom is 0.251 e. The average molecular weight is 732 g/mol. The Bertz CT molecular complexity index is 2030. The van der Waals surface area contributed by atoms with Gasteiger partial charge in [-0.15, -0.1) is 0 Å². The van der Waals surface area contributed by atoms with Crippen LogP contribution in [-0.2, 0) is 36.0 Å². The standard InChI is InChI=1S/C38H46ClN7O4S/c1-43(2)51(49,50)35-9-4-6-26-13-20-45(37(26)35)21-16-41-38(48)29-8-3-7-27(22-29)31-23-28(10-11-33(31)39)36-32-24-40-15-12-34(32)46(42-36)18-5-17-44-19-14-30(47)25-44/h3-4,6-11,22-23,30,40,47H,5,12-21,24-25H2,1-2H3,(H,41,48). The molecule has 3 aromatic carbocycles. The number of para-hydroxylation sites is 1. The molecule has 11 nitrogen and oxygen atoms in total. The van der Waals surface area contributed by atoms with Crippen molar-refractivity contribution in [2.75, 3.05) is 64.8 Å². The third-order valence-electron chi connectivity index (χ3n) is 10.2.